The van der Waals surface area contributed by atoms with Gasteiger partial charge in [-0.15, -0.1) is 0 Å². The van der Waals surface area contributed by atoms with Crippen LogP contribution in [0.3, 0.4) is 0 Å². The standard InChI is InChI=1S/C15H24ClNO2S/c1-3-5-6-13(4-2)11-17-20(18,19)12-14-7-9-15(16)10-8-14/h7-10,13,17H,3-6,11-12H2,1-2H3/t13-/m1/s1. The molecule has 1 atom stereocenters. The van der Waals surface area contributed by atoms with Gasteiger partial charge in [0.15, 0.2) is 0 Å². The fourth-order valence-corrected chi connectivity index (χ4v) is 3.39. The number of hydrogen-bond acceptors (Lipinski definition) is 2. The number of rotatable bonds is 9. The Morgan fingerprint density at radius 3 is 2.40 bits per heavy atom. The maximum atomic E-state index is 12.0. The Labute approximate surface area is 127 Å². The molecular formula is C15H24ClNO2S. The van der Waals surface area contributed by atoms with Gasteiger partial charge < -0.3 is 0 Å². The molecule has 0 aliphatic rings. The van der Waals surface area contributed by atoms with Crippen LogP contribution in [0.2, 0.25) is 5.02 Å². The van der Waals surface area contributed by atoms with Crippen LogP contribution in [-0.4, -0.2) is 15.0 Å². The number of halogens is 1. The minimum absolute atomic E-state index is 0.00831. The van der Waals surface area contributed by atoms with Gasteiger partial charge >= 0.3 is 0 Å². The Balaban J connectivity index is 2.50. The van der Waals surface area contributed by atoms with E-state index in [-0.39, 0.29) is 5.75 Å². The fourth-order valence-electron chi connectivity index (χ4n) is 2.04. The molecule has 1 aromatic carbocycles. The van der Waals surface area contributed by atoms with Crippen molar-refractivity contribution < 1.29 is 8.42 Å². The van der Waals surface area contributed by atoms with Crippen LogP contribution in [-0.2, 0) is 15.8 Å². The lowest BCUT2D eigenvalue weighted by Crippen LogP contribution is -2.30. The molecule has 1 aromatic rings. The van der Waals surface area contributed by atoms with E-state index < -0.39 is 10.0 Å². The summed E-state index contributed by atoms with van der Waals surface area (Å²) in [4.78, 5) is 0. The van der Waals surface area contributed by atoms with E-state index in [1.165, 1.54) is 0 Å². The SMILES string of the molecule is CCCC[C@@H](CC)CNS(=O)(=O)Cc1ccc(Cl)cc1. The highest BCUT2D eigenvalue weighted by atomic mass is 35.5. The van der Waals surface area contributed by atoms with E-state index in [1.54, 1.807) is 24.3 Å². The summed E-state index contributed by atoms with van der Waals surface area (Å²) in [7, 11) is -3.27. The van der Waals surface area contributed by atoms with Crippen LogP contribution in [0.1, 0.15) is 45.1 Å². The van der Waals surface area contributed by atoms with Crippen molar-refractivity contribution in [1.29, 1.82) is 0 Å². The number of benzene rings is 1. The molecule has 0 spiro atoms. The van der Waals surface area contributed by atoms with Crippen molar-refractivity contribution in [3.63, 3.8) is 0 Å². The molecule has 0 aliphatic heterocycles. The van der Waals surface area contributed by atoms with Crippen LogP contribution >= 0.6 is 11.6 Å². The van der Waals surface area contributed by atoms with E-state index in [1.807, 2.05) is 0 Å². The summed E-state index contributed by atoms with van der Waals surface area (Å²) in [6.45, 7) is 4.79. The van der Waals surface area contributed by atoms with Crippen molar-refractivity contribution in [2.24, 2.45) is 5.92 Å². The number of unbranched alkanes of at least 4 members (excludes halogenated alkanes) is 1. The molecule has 0 aromatic heterocycles. The highest BCUT2D eigenvalue weighted by Gasteiger charge is 2.14. The van der Waals surface area contributed by atoms with Gasteiger partial charge in [-0.05, 0) is 30.0 Å². The molecule has 0 amide bonds. The van der Waals surface area contributed by atoms with Gasteiger partial charge in [0.1, 0.15) is 0 Å². The third-order valence-corrected chi connectivity index (χ3v) is 4.98. The molecule has 0 heterocycles. The molecule has 1 rings (SSSR count). The molecule has 3 nitrogen and oxygen atoms in total. The second kappa shape index (κ2) is 8.65. The van der Waals surface area contributed by atoms with Gasteiger partial charge in [-0.1, -0.05) is 56.8 Å². The van der Waals surface area contributed by atoms with Crippen molar-refractivity contribution >= 4 is 21.6 Å². The molecule has 1 N–H and O–H groups in total. The quantitative estimate of drug-likeness (QED) is 0.749. The monoisotopic (exact) mass is 317 g/mol. The first-order valence-corrected chi connectivity index (χ1v) is 9.21. The van der Waals surface area contributed by atoms with E-state index in [0.29, 0.717) is 17.5 Å². The normalized spacial score (nSPS) is 13.3. The van der Waals surface area contributed by atoms with Crippen molar-refractivity contribution in [3.05, 3.63) is 34.9 Å². The van der Waals surface area contributed by atoms with Gasteiger partial charge in [0.25, 0.3) is 0 Å². The summed E-state index contributed by atoms with van der Waals surface area (Å²) in [6, 6.07) is 6.91. The molecular weight excluding hydrogens is 294 g/mol. The zero-order chi connectivity index (χ0) is 15.0. The van der Waals surface area contributed by atoms with E-state index in [4.69, 9.17) is 11.6 Å². The van der Waals surface area contributed by atoms with Gasteiger partial charge in [0, 0.05) is 11.6 Å². The second-order valence-electron chi connectivity index (χ2n) is 5.15. The fraction of sp³-hybridized carbons (Fsp3) is 0.600. The highest BCUT2D eigenvalue weighted by Crippen LogP contribution is 2.14. The smallest absolute Gasteiger partial charge is 0.215 e. The maximum Gasteiger partial charge on any atom is 0.215 e. The summed E-state index contributed by atoms with van der Waals surface area (Å²) >= 11 is 5.79. The lowest BCUT2D eigenvalue weighted by atomic mass is 10.00. The van der Waals surface area contributed by atoms with Crippen molar-refractivity contribution in [2.45, 2.75) is 45.3 Å². The van der Waals surface area contributed by atoms with Crippen LogP contribution in [0.4, 0.5) is 0 Å². The summed E-state index contributed by atoms with van der Waals surface area (Å²) in [5.41, 5.74) is 0.753. The Morgan fingerprint density at radius 2 is 1.85 bits per heavy atom. The van der Waals surface area contributed by atoms with Gasteiger partial charge in [-0.3, -0.25) is 0 Å². The molecule has 0 fully saturated rings. The van der Waals surface area contributed by atoms with Crippen LogP contribution in [0.15, 0.2) is 24.3 Å². The summed E-state index contributed by atoms with van der Waals surface area (Å²) in [5.74, 6) is 0.434. The van der Waals surface area contributed by atoms with Gasteiger partial charge in [0.05, 0.1) is 5.75 Å². The van der Waals surface area contributed by atoms with E-state index in [2.05, 4.69) is 18.6 Å². The van der Waals surface area contributed by atoms with Crippen molar-refractivity contribution in [1.82, 2.24) is 4.72 Å². The average Bonchev–Trinajstić information content (AvgIpc) is 2.41. The third kappa shape index (κ3) is 6.73. The lowest BCUT2D eigenvalue weighted by molar-refractivity contribution is 0.443. The number of sulfonamides is 1. The summed E-state index contributed by atoms with van der Waals surface area (Å²) in [5, 5.41) is 0.615. The third-order valence-electron chi connectivity index (χ3n) is 3.41. The first kappa shape index (κ1) is 17.5. The van der Waals surface area contributed by atoms with Crippen LogP contribution in [0.25, 0.3) is 0 Å². The topological polar surface area (TPSA) is 46.2 Å². The molecule has 0 unspecified atom stereocenters. The molecule has 0 aliphatic carbocycles. The van der Waals surface area contributed by atoms with Gasteiger partial charge in [0.2, 0.25) is 10.0 Å². The minimum Gasteiger partial charge on any atom is -0.215 e. The average molecular weight is 318 g/mol. The van der Waals surface area contributed by atoms with Crippen LogP contribution < -0.4 is 4.72 Å². The van der Waals surface area contributed by atoms with E-state index in [9.17, 15) is 8.42 Å². The van der Waals surface area contributed by atoms with Crippen LogP contribution in [0, 0.1) is 5.92 Å². The second-order valence-corrected chi connectivity index (χ2v) is 7.39. The highest BCUT2D eigenvalue weighted by molar-refractivity contribution is 7.88. The molecule has 0 radical (unpaired) electrons. The predicted octanol–water partition coefficient (Wildman–Crippen LogP) is 3.98. The largest absolute Gasteiger partial charge is 0.215 e. The van der Waals surface area contributed by atoms with E-state index >= 15 is 0 Å². The number of nitrogens with one attached hydrogen (secondary N) is 1. The van der Waals surface area contributed by atoms with Crippen molar-refractivity contribution in [2.75, 3.05) is 6.54 Å². The minimum atomic E-state index is -3.27. The molecule has 0 bridgehead atoms. The van der Waals surface area contributed by atoms with Gasteiger partial charge in [-0.2, -0.15) is 0 Å². The van der Waals surface area contributed by atoms with E-state index in [0.717, 1.165) is 31.2 Å². The maximum absolute atomic E-state index is 12.0. The molecule has 0 saturated heterocycles. The zero-order valence-corrected chi connectivity index (χ0v) is 13.8. The molecule has 5 heteroatoms. The summed E-state index contributed by atoms with van der Waals surface area (Å²) in [6.07, 6.45) is 4.38. The Hall–Kier alpha value is -0.580. The zero-order valence-electron chi connectivity index (χ0n) is 12.2. The molecule has 20 heavy (non-hydrogen) atoms. The first-order valence-electron chi connectivity index (χ1n) is 7.18. The van der Waals surface area contributed by atoms with Crippen molar-refractivity contribution in [3.8, 4) is 0 Å². The lowest BCUT2D eigenvalue weighted by Gasteiger charge is -2.15. The Bertz CT molecular complexity index is 485. The Morgan fingerprint density at radius 1 is 1.20 bits per heavy atom. The predicted molar refractivity (Wildman–Crippen MR) is 85.4 cm³/mol. The molecule has 114 valence electrons. The molecule has 0 saturated carbocycles. The number of hydrogen-bond donors (Lipinski definition) is 1. The van der Waals surface area contributed by atoms with Gasteiger partial charge in [-0.25, -0.2) is 13.1 Å². The summed E-state index contributed by atoms with van der Waals surface area (Å²) < 4.78 is 26.8. The first-order chi connectivity index (χ1) is 9.46. The van der Waals surface area contributed by atoms with Crippen LogP contribution in [0.5, 0.6) is 0 Å². The Kier molecular flexibility index (Phi) is 7.56.